The van der Waals surface area contributed by atoms with Crippen LogP contribution in [0.25, 0.3) is 6.08 Å². The Labute approximate surface area is 186 Å². The number of nitrogens with zero attached hydrogens (tertiary/aromatic N) is 1. The number of benzene rings is 3. The van der Waals surface area contributed by atoms with E-state index in [1.54, 1.807) is 4.90 Å². The van der Waals surface area contributed by atoms with Crippen LogP contribution >= 0.6 is 24.0 Å². The predicted molar refractivity (Wildman–Crippen MR) is 127 cm³/mol. The van der Waals surface area contributed by atoms with Gasteiger partial charge in [0.05, 0.1) is 10.9 Å². The van der Waals surface area contributed by atoms with Crippen LogP contribution in [0.1, 0.15) is 29.7 Å². The van der Waals surface area contributed by atoms with Crippen LogP contribution in [0.5, 0.6) is 5.75 Å². The molecule has 1 fully saturated rings. The Morgan fingerprint density at radius 3 is 2.27 bits per heavy atom. The van der Waals surface area contributed by atoms with E-state index in [1.807, 2.05) is 97.9 Å². The van der Waals surface area contributed by atoms with Gasteiger partial charge in [-0.25, -0.2) is 0 Å². The first-order valence-corrected chi connectivity index (χ1v) is 10.9. The second-order valence-electron chi connectivity index (χ2n) is 6.98. The molecule has 1 heterocycles. The van der Waals surface area contributed by atoms with E-state index in [1.165, 1.54) is 11.8 Å². The minimum Gasteiger partial charge on any atom is -0.489 e. The van der Waals surface area contributed by atoms with Crippen LogP contribution in [0.2, 0.25) is 0 Å². The van der Waals surface area contributed by atoms with Gasteiger partial charge in [0.15, 0.2) is 0 Å². The van der Waals surface area contributed by atoms with E-state index in [0.29, 0.717) is 15.8 Å². The molecule has 3 aromatic rings. The zero-order chi connectivity index (χ0) is 20.9. The number of ether oxygens (including phenoxy) is 1. The monoisotopic (exact) mass is 431 g/mol. The highest BCUT2D eigenvalue weighted by molar-refractivity contribution is 8.26. The molecule has 0 aromatic heterocycles. The number of carbonyl (C=O) groups is 1. The quantitative estimate of drug-likeness (QED) is 0.342. The van der Waals surface area contributed by atoms with Crippen LogP contribution < -0.4 is 4.74 Å². The standard InChI is InChI=1S/C25H21NO2S2/c1-18(21-10-6-3-7-11-21)26-24(27)23(30-25(26)29)16-19-12-14-22(15-13-19)28-17-20-8-4-2-5-9-20/h2-16,18H,17H2,1H3/b23-16-/t18-/m0/s1. The average Bonchev–Trinajstić information content (AvgIpc) is 3.07. The lowest BCUT2D eigenvalue weighted by Crippen LogP contribution is -2.30. The Morgan fingerprint density at radius 2 is 1.60 bits per heavy atom. The first-order chi connectivity index (χ1) is 14.6. The summed E-state index contributed by atoms with van der Waals surface area (Å²) in [7, 11) is 0. The third-order valence-electron chi connectivity index (χ3n) is 4.92. The third-order valence-corrected chi connectivity index (χ3v) is 6.25. The van der Waals surface area contributed by atoms with Crippen molar-refractivity contribution in [2.24, 2.45) is 0 Å². The number of amides is 1. The highest BCUT2D eigenvalue weighted by Crippen LogP contribution is 2.38. The number of thioether (sulfide) groups is 1. The Balaban J connectivity index is 1.44. The summed E-state index contributed by atoms with van der Waals surface area (Å²) in [6.45, 7) is 2.53. The van der Waals surface area contributed by atoms with Gasteiger partial charge in [-0.15, -0.1) is 0 Å². The van der Waals surface area contributed by atoms with E-state index in [9.17, 15) is 4.79 Å². The van der Waals surface area contributed by atoms with Gasteiger partial charge in [0, 0.05) is 0 Å². The molecule has 150 valence electrons. The van der Waals surface area contributed by atoms with E-state index in [4.69, 9.17) is 17.0 Å². The SMILES string of the molecule is C[C@@H](c1ccccc1)N1C(=O)/C(=C/c2ccc(OCc3ccccc3)cc2)SC1=S. The van der Waals surface area contributed by atoms with Crippen molar-refractivity contribution >= 4 is 40.3 Å². The molecular weight excluding hydrogens is 410 g/mol. The minimum absolute atomic E-state index is 0.0502. The lowest BCUT2D eigenvalue weighted by molar-refractivity contribution is -0.123. The summed E-state index contributed by atoms with van der Waals surface area (Å²) in [5, 5.41) is 0. The topological polar surface area (TPSA) is 29.5 Å². The highest BCUT2D eigenvalue weighted by Gasteiger charge is 2.35. The Kier molecular flexibility index (Phi) is 6.31. The van der Waals surface area contributed by atoms with Gasteiger partial charge < -0.3 is 4.74 Å². The van der Waals surface area contributed by atoms with Gasteiger partial charge in [-0.1, -0.05) is 96.8 Å². The highest BCUT2D eigenvalue weighted by atomic mass is 32.2. The van der Waals surface area contributed by atoms with Crippen molar-refractivity contribution in [3.05, 3.63) is 107 Å². The summed E-state index contributed by atoms with van der Waals surface area (Å²) in [5.41, 5.74) is 3.13. The Morgan fingerprint density at radius 1 is 0.967 bits per heavy atom. The number of hydrogen-bond donors (Lipinski definition) is 0. The van der Waals surface area contributed by atoms with Gasteiger partial charge >= 0.3 is 0 Å². The zero-order valence-electron chi connectivity index (χ0n) is 16.5. The smallest absolute Gasteiger partial charge is 0.266 e. The lowest BCUT2D eigenvalue weighted by atomic mass is 10.1. The van der Waals surface area contributed by atoms with E-state index in [-0.39, 0.29) is 11.9 Å². The van der Waals surface area contributed by atoms with Crippen molar-refractivity contribution in [1.29, 1.82) is 0 Å². The third kappa shape index (κ3) is 4.64. The van der Waals surface area contributed by atoms with Gasteiger partial charge in [-0.05, 0) is 41.8 Å². The van der Waals surface area contributed by atoms with E-state index in [0.717, 1.165) is 22.4 Å². The molecule has 3 aromatic carbocycles. The molecule has 4 rings (SSSR count). The van der Waals surface area contributed by atoms with Gasteiger partial charge in [0.2, 0.25) is 0 Å². The van der Waals surface area contributed by atoms with Crippen molar-refractivity contribution in [2.45, 2.75) is 19.6 Å². The Bertz CT molecular complexity index is 1060. The predicted octanol–water partition coefficient (Wildman–Crippen LogP) is 6.23. The summed E-state index contributed by atoms with van der Waals surface area (Å²) >= 11 is 6.85. The molecule has 0 radical (unpaired) electrons. The maximum absolute atomic E-state index is 13.0. The van der Waals surface area contributed by atoms with Gasteiger partial charge in [0.25, 0.3) is 5.91 Å². The largest absolute Gasteiger partial charge is 0.489 e. The van der Waals surface area contributed by atoms with Gasteiger partial charge in [-0.2, -0.15) is 0 Å². The second-order valence-corrected chi connectivity index (χ2v) is 8.66. The van der Waals surface area contributed by atoms with Crippen LogP contribution in [0.3, 0.4) is 0 Å². The summed E-state index contributed by atoms with van der Waals surface area (Å²) in [4.78, 5) is 15.3. The molecular formula is C25H21NO2S2. The van der Waals surface area contributed by atoms with Gasteiger partial charge in [0.1, 0.15) is 16.7 Å². The maximum atomic E-state index is 13.0. The summed E-state index contributed by atoms with van der Waals surface area (Å²) in [5.74, 6) is 0.743. The molecule has 0 aliphatic carbocycles. The average molecular weight is 432 g/mol. The van der Waals surface area contributed by atoms with Crippen LogP contribution in [-0.2, 0) is 11.4 Å². The van der Waals surface area contributed by atoms with E-state index >= 15 is 0 Å². The molecule has 3 nitrogen and oxygen atoms in total. The number of hydrogen-bond acceptors (Lipinski definition) is 4. The molecule has 0 saturated carbocycles. The van der Waals surface area contributed by atoms with Crippen molar-refractivity contribution in [1.82, 2.24) is 4.90 Å². The summed E-state index contributed by atoms with van der Waals surface area (Å²) in [6.07, 6.45) is 1.89. The molecule has 1 amide bonds. The van der Waals surface area contributed by atoms with Crippen molar-refractivity contribution in [3.8, 4) is 5.75 Å². The molecule has 1 aliphatic rings. The van der Waals surface area contributed by atoms with Crippen LogP contribution in [0.4, 0.5) is 0 Å². The van der Waals surface area contributed by atoms with Crippen LogP contribution in [-0.4, -0.2) is 15.1 Å². The number of thiocarbonyl (C=S) groups is 1. The van der Waals surface area contributed by atoms with Crippen LogP contribution in [0.15, 0.2) is 89.8 Å². The first-order valence-electron chi connectivity index (χ1n) is 9.70. The van der Waals surface area contributed by atoms with E-state index < -0.39 is 0 Å². The van der Waals surface area contributed by atoms with Crippen LogP contribution in [0, 0.1) is 0 Å². The molecule has 0 N–H and O–H groups in total. The molecule has 0 unspecified atom stereocenters. The molecule has 0 bridgehead atoms. The first kappa shape index (κ1) is 20.4. The normalized spacial score (nSPS) is 16.2. The van der Waals surface area contributed by atoms with Crippen molar-refractivity contribution < 1.29 is 9.53 Å². The molecule has 1 aliphatic heterocycles. The van der Waals surface area contributed by atoms with Crippen molar-refractivity contribution in [3.63, 3.8) is 0 Å². The van der Waals surface area contributed by atoms with Crippen molar-refractivity contribution in [2.75, 3.05) is 0 Å². The fourth-order valence-corrected chi connectivity index (χ4v) is 4.67. The summed E-state index contributed by atoms with van der Waals surface area (Å²) in [6, 6.07) is 27.6. The fourth-order valence-electron chi connectivity index (χ4n) is 3.25. The maximum Gasteiger partial charge on any atom is 0.266 e. The number of carbonyl (C=O) groups excluding carboxylic acids is 1. The van der Waals surface area contributed by atoms with E-state index in [2.05, 4.69) is 0 Å². The molecule has 0 spiro atoms. The van der Waals surface area contributed by atoms with Gasteiger partial charge in [-0.3, -0.25) is 9.69 Å². The molecule has 30 heavy (non-hydrogen) atoms. The summed E-state index contributed by atoms with van der Waals surface area (Å²) < 4.78 is 6.42. The molecule has 1 saturated heterocycles. The fraction of sp³-hybridized carbons (Fsp3) is 0.120. The lowest BCUT2D eigenvalue weighted by Gasteiger charge is -2.23. The molecule has 5 heteroatoms. The Hall–Kier alpha value is -2.89. The minimum atomic E-state index is -0.0987. The second kappa shape index (κ2) is 9.28. The zero-order valence-corrected chi connectivity index (χ0v) is 18.2. The number of rotatable bonds is 6. The molecule has 1 atom stereocenters.